The van der Waals surface area contributed by atoms with Crippen LogP contribution < -0.4 is 5.32 Å². The van der Waals surface area contributed by atoms with Crippen LogP contribution in [0.1, 0.15) is 28.6 Å². The summed E-state index contributed by atoms with van der Waals surface area (Å²) in [4.78, 5) is 20.3. The Bertz CT molecular complexity index is 1040. The van der Waals surface area contributed by atoms with Crippen LogP contribution in [0.15, 0.2) is 60.8 Å². The molecule has 0 atom stereocenters. The molecule has 138 valence electrons. The van der Waals surface area contributed by atoms with Crippen LogP contribution in [0.25, 0.3) is 11.1 Å². The van der Waals surface area contributed by atoms with Crippen molar-refractivity contribution >= 4 is 6.09 Å². The number of hydrogen-bond donors (Lipinski definition) is 1. The number of nitrogens with one attached hydrogen (secondary N) is 1. The van der Waals surface area contributed by atoms with E-state index in [2.05, 4.69) is 51.4 Å². The van der Waals surface area contributed by atoms with Gasteiger partial charge in [0.15, 0.2) is 0 Å². The first kappa shape index (κ1) is 17.7. The maximum Gasteiger partial charge on any atom is 0.407 e. The third-order valence-corrected chi connectivity index (χ3v) is 4.66. The zero-order chi connectivity index (χ0) is 19.3. The van der Waals surface area contributed by atoms with Crippen molar-refractivity contribution in [1.82, 2.24) is 15.3 Å². The van der Waals surface area contributed by atoms with Crippen LogP contribution in [-0.4, -0.2) is 29.2 Å². The minimum atomic E-state index is -0.485. The van der Waals surface area contributed by atoms with E-state index < -0.39 is 6.09 Å². The molecular formula is C23H19N3O2. The SMILES string of the molecule is Cc1ccnc(C#CCNC(=O)OCC2c3ccccc3-c3ccccc32)n1. The molecule has 2 aromatic carbocycles. The van der Waals surface area contributed by atoms with Crippen LogP contribution in [0.4, 0.5) is 4.79 Å². The molecular weight excluding hydrogens is 350 g/mol. The number of aryl methyl sites for hydroxylation is 1. The van der Waals surface area contributed by atoms with Gasteiger partial charge in [0.05, 0.1) is 6.54 Å². The van der Waals surface area contributed by atoms with E-state index in [9.17, 15) is 4.79 Å². The van der Waals surface area contributed by atoms with Crippen LogP contribution in [0.3, 0.4) is 0 Å². The van der Waals surface area contributed by atoms with Crippen molar-refractivity contribution in [2.75, 3.05) is 13.2 Å². The molecule has 1 aliphatic rings. The van der Waals surface area contributed by atoms with Crippen LogP contribution in [-0.2, 0) is 4.74 Å². The maximum absolute atomic E-state index is 12.1. The maximum atomic E-state index is 12.1. The number of fused-ring (bicyclic) bond motifs is 3. The summed E-state index contributed by atoms with van der Waals surface area (Å²) in [6, 6.07) is 18.3. The lowest BCUT2D eigenvalue weighted by atomic mass is 9.98. The second-order valence-corrected chi connectivity index (χ2v) is 6.50. The van der Waals surface area contributed by atoms with Gasteiger partial charge in [-0.3, -0.25) is 0 Å². The standard InChI is InChI=1S/C23H19N3O2/c1-16-12-14-24-22(26-16)11-6-13-25-23(27)28-15-21-19-9-4-2-7-17(19)18-8-3-5-10-20(18)21/h2-5,7-10,12,14,21H,13,15H2,1H3,(H,25,27). The van der Waals surface area contributed by atoms with Crippen molar-refractivity contribution in [2.24, 2.45) is 0 Å². The monoisotopic (exact) mass is 369 g/mol. The van der Waals surface area contributed by atoms with Gasteiger partial charge in [0, 0.05) is 17.8 Å². The first-order chi connectivity index (χ1) is 13.7. The first-order valence-electron chi connectivity index (χ1n) is 9.10. The van der Waals surface area contributed by atoms with Crippen molar-refractivity contribution < 1.29 is 9.53 Å². The molecule has 1 N–H and O–H groups in total. The highest BCUT2D eigenvalue weighted by molar-refractivity contribution is 5.79. The largest absolute Gasteiger partial charge is 0.449 e. The van der Waals surface area contributed by atoms with Gasteiger partial charge in [0.25, 0.3) is 0 Å². The quantitative estimate of drug-likeness (QED) is 0.716. The Morgan fingerprint density at radius 1 is 1.07 bits per heavy atom. The molecule has 0 radical (unpaired) electrons. The second-order valence-electron chi connectivity index (χ2n) is 6.50. The molecule has 0 saturated carbocycles. The number of aromatic nitrogens is 2. The number of carbonyl (C=O) groups is 1. The third kappa shape index (κ3) is 3.72. The molecule has 5 heteroatoms. The predicted molar refractivity (Wildman–Crippen MR) is 107 cm³/mol. The number of amides is 1. The van der Waals surface area contributed by atoms with Gasteiger partial charge in [-0.05, 0) is 41.2 Å². The molecule has 0 spiro atoms. The topological polar surface area (TPSA) is 64.1 Å². The molecule has 28 heavy (non-hydrogen) atoms. The van der Waals surface area contributed by atoms with Gasteiger partial charge >= 0.3 is 6.09 Å². The number of ether oxygens (including phenoxy) is 1. The normalized spacial score (nSPS) is 11.8. The van der Waals surface area contributed by atoms with Gasteiger partial charge in [-0.15, -0.1) is 0 Å². The average Bonchev–Trinajstić information content (AvgIpc) is 3.04. The highest BCUT2D eigenvalue weighted by atomic mass is 16.5. The fourth-order valence-corrected chi connectivity index (χ4v) is 3.40. The van der Waals surface area contributed by atoms with Crippen molar-refractivity contribution in [3.63, 3.8) is 0 Å². The molecule has 1 aromatic heterocycles. The number of carbonyl (C=O) groups excluding carboxylic acids is 1. The summed E-state index contributed by atoms with van der Waals surface area (Å²) < 4.78 is 5.46. The minimum absolute atomic E-state index is 0.0462. The Labute approximate surface area is 163 Å². The molecule has 0 unspecified atom stereocenters. The highest BCUT2D eigenvalue weighted by Gasteiger charge is 2.28. The molecule has 1 heterocycles. The van der Waals surface area contributed by atoms with E-state index in [4.69, 9.17) is 4.74 Å². The van der Waals surface area contributed by atoms with Crippen LogP contribution in [0.5, 0.6) is 0 Å². The molecule has 0 saturated heterocycles. The fourth-order valence-electron chi connectivity index (χ4n) is 3.40. The van der Waals surface area contributed by atoms with E-state index in [0.717, 1.165) is 5.69 Å². The number of rotatable bonds is 3. The molecule has 1 aliphatic carbocycles. The van der Waals surface area contributed by atoms with Gasteiger partial charge < -0.3 is 10.1 Å². The van der Waals surface area contributed by atoms with Crippen molar-refractivity contribution in [3.8, 4) is 23.0 Å². The van der Waals surface area contributed by atoms with Gasteiger partial charge in [0.2, 0.25) is 5.82 Å². The van der Waals surface area contributed by atoms with Gasteiger partial charge in [-0.2, -0.15) is 0 Å². The summed E-state index contributed by atoms with van der Waals surface area (Å²) in [6.07, 6.45) is 1.17. The Balaban J connectivity index is 1.35. The van der Waals surface area contributed by atoms with E-state index >= 15 is 0 Å². The Morgan fingerprint density at radius 3 is 2.43 bits per heavy atom. The van der Waals surface area contributed by atoms with E-state index in [0.29, 0.717) is 5.82 Å². The molecule has 1 amide bonds. The van der Waals surface area contributed by atoms with E-state index in [1.54, 1.807) is 12.3 Å². The molecule has 3 aromatic rings. The molecule has 5 nitrogen and oxygen atoms in total. The lowest BCUT2D eigenvalue weighted by Gasteiger charge is -2.14. The van der Waals surface area contributed by atoms with Crippen molar-refractivity contribution in [1.29, 1.82) is 0 Å². The summed E-state index contributed by atoms with van der Waals surface area (Å²) >= 11 is 0. The second kappa shape index (κ2) is 7.93. The van der Waals surface area contributed by atoms with Crippen LogP contribution >= 0.6 is 0 Å². The molecule has 0 fully saturated rings. The van der Waals surface area contributed by atoms with Gasteiger partial charge in [-0.1, -0.05) is 54.5 Å². The lowest BCUT2D eigenvalue weighted by molar-refractivity contribution is 0.144. The lowest BCUT2D eigenvalue weighted by Crippen LogP contribution is -2.26. The van der Waals surface area contributed by atoms with Crippen LogP contribution in [0.2, 0.25) is 0 Å². The van der Waals surface area contributed by atoms with Crippen molar-refractivity contribution in [2.45, 2.75) is 12.8 Å². The van der Waals surface area contributed by atoms with Gasteiger partial charge in [0.1, 0.15) is 6.61 Å². The first-order valence-corrected chi connectivity index (χ1v) is 9.10. The van der Waals surface area contributed by atoms with E-state index in [1.807, 2.05) is 31.2 Å². The summed E-state index contributed by atoms with van der Waals surface area (Å²) in [7, 11) is 0. The third-order valence-electron chi connectivity index (χ3n) is 4.66. The average molecular weight is 369 g/mol. The molecule has 0 aliphatic heterocycles. The van der Waals surface area contributed by atoms with Crippen LogP contribution in [0, 0.1) is 18.8 Å². The Kier molecular flexibility index (Phi) is 5.03. The predicted octanol–water partition coefficient (Wildman–Crippen LogP) is 3.68. The van der Waals surface area contributed by atoms with Gasteiger partial charge in [-0.25, -0.2) is 14.8 Å². The minimum Gasteiger partial charge on any atom is -0.449 e. The molecule has 4 rings (SSSR count). The summed E-state index contributed by atoms with van der Waals surface area (Å²) in [5.74, 6) is 6.14. The zero-order valence-electron chi connectivity index (χ0n) is 15.5. The Hall–Kier alpha value is -3.65. The number of alkyl carbamates (subject to hydrolysis) is 1. The number of hydrogen-bond acceptors (Lipinski definition) is 4. The van der Waals surface area contributed by atoms with E-state index in [1.165, 1.54) is 22.3 Å². The molecule has 0 bridgehead atoms. The number of nitrogens with zero attached hydrogens (tertiary/aromatic N) is 2. The fraction of sp³-hybridized carbons (Fsp3) is 0.174. The summed E-state index contributed by atoms with van der Waals surface area (Å²) in [5.41, 5.74) is 5.64. The summed E-state index contributed by atoms with van der Waals surface area (Å²) in [5, 5.41) is 2.65. The zero-order valence-corrected chi connectivity index (χ0v) is 15.5. The Morgan fingerprint density at radius 2 is 1.75 bits per heavy atom. The smallest absolute Gasteiger partial charge is 0.407 e. The summed E-state index contributed by atoms with van der Waals surface area (Å²) in [6.45, 7) is 2.34. The van der Waals surface area contributed by atoms with Crippen molar-refractivity contribution in [3.05, 3.63) is 83.4 Å². The van der Waals surface area contributed by atoms with E-state index in [-0.39, 0.29) is 19.1 Å². The highest BCUT2D eigenvalue weighted by Crippen LogP contribution is 2.44. The number of benzene rings is 2.